The molecular weight excluding hydrogens is 456 g/mol. The van der Waals surface area contributed by atoms with Crippen molar-refractivity contribution in [2.24, 2.45) is 0 Å². The molecule has 1 heterocycles. The van der Waals surface area contributed by atoms with Crippen LogP contribution in [-0.4, -0.2) is 31.8 Å². The molecule has 6 nitrogen and oxygen atoms in total. The highest BCUT2D eigenvalue weighted by Gasteiger charge is 2.32. The van der Waals surface area contributed by atoms with Gasteiger partial charge >= 0.3 is 0 Å². The lowest BCUT2D eigenvalue weighted by Gasteiger charge is -2.30. The minimum atomic E-state index is -0.740. The Hall–Kier alpha value is -3.93. The summed E-state index contributed by atoms with van der Waals surface area (Å²) in [6, 6.07) is 4.18. The minimum absolute atomic E-state index is 0.0370. The Kier molecular flexibility index (Phi) is 7.98. The maximum absolute atomic E-state index is 13.3. The second kappa shape index (κ2) is 10.8. The summed E-state index contributed by atoms with van der Waals surface area (Å²) in [6.07, 6.45) is 12.3. The Bertz CT molecular complexity index is 1290. The molecule has 0 spiro atoms. The van der Waals surface area contributed by atoms with Gasteiger partial charge in [-0.3, -0.25) is 4.79 Å². The van der Waals surface area contributed by atoms with Crippen molar-refractivity contribution < 1.29 is 30.0 Å². The van der Waals surface area contributed by atoms with Gasteiger partial charge in [0.2, 0.25) is 0 Å². The van der Waals surface area contributed by atoms with Crippen molar-refractivity contribution in [1.82, 2.24) is 0 Å². The zero-order valence-corrected chi connectivity index (χ0v) is 21.4. The van der Waals surface area contributed by atoms with Gasteiger partial charge in [0.15, 0.2) is 17.3 Å². The molecule has 0 unspecified atom stereocenters. The van der Waals surface area contributed by atoms with Crippen LogP contribution >= 0.6 is 0 Å². The van der Waals surface area contributed by atoms with Gasteiger partial charge in [-0.15, -0.1) is 0 Å². The van der Waals surface area contributed by atoms with Crippen molar-refractivity contribution in [3.63, 3.8) is 0 Å². The third-order valence-electron chi connectivity index (χ3n) is 5.97. The Balaban J connectivity index is 2.03. The number of carbonyl (C=O) groups excluding carboxylic acids is 1. The summed E-state index contributed by atoms with van der Waals surface area (Å²) in [5.41, 5.74) is 2.67. The molecule has 2 aromatic carbocycles. The van der Waals surface area contributed by atoms with Gasteiger partial charge in [0, 0.05) is 5.56 Å². The highest BCUT2D eigenvalue weighted by Crippen LogP contribution is 2.47. The molecule has 0 saturated carbocycles. The van der Waals surface area contributed by atoms with Crippen molar-refractivity contribution in [3.05, 3.63) is 75.9 Å². The molecule has 6 heteroatoms. The van der Waals surface area contributed by atoms with Crippen molar-refractivity contribution in [3.8, 4) is 28.7 Å². The molecule has 0 aromatic heterocycles. The molecule has 0 fully saturated rings. The van der Waals surface area contributed by atoms with Gasteiger partial charge in [0.1, 0.15) is 28.4 Å². The van der Waals surface area contributed by atoms with E-state index in [2.05, 4.69) is 19.9 Å². The van der Waals surface area contributed by atoms with E-state index in [1.54, 1.807) is 18.2 Å². The number of ether oxygens (including phenoxy) is 1. The average Bonchev–Trinajstić information content (AvgIpc) is 2.78. The van der Waals surface area contributed by atoms with Crippen LogP contribution < -0.4 is 4.74 Å². The third-order valence-corrected chi connectivity index (χ3v) is 5.97. The average molecular weight is 491 g/mol. The van der Waals surface area contributed by atoms with Crippen molar-refractivity contribution in [2.45, 2.75) is 59.5 Å². The highest BCUT2D eigenvalue weighted by atomic mass is 16.5. The van der Waals surface area contributed by atoms with E-state index in [-0.39, 0.29) is 46.3 Å². The molecule has 0 saturated heterocycles. The first-order valence-corrected chi connectivity index (χ1v) is 11.9. The Morgan fingerprint density at radius 3 is 2.39 bits per heavy atom. The molecule has 0 atom stereocenters. The monoisotopic (exact) mass is 490 g/mol. The number of rotatable bonds is 8. The van der Waals surface area contributed by atoms with Gasteiger partial charge in [-0.25, -0.2) is 0 Å². The largest absolute Gasteiger partial charge is 0.507 e. The molecule has 0 radical (unpaired) electrons. The van der Waals surface area contributed by atoms with Gasteiger partial charge in [0.05, 0.1) is 5.56 Å². The standard InChI is InChI=1S/C30H34O6/c1-18(2)7-6-8-19(3)9-12-21-27(34)22-15-16-30(4,5)36-29(22)26(28(21)35)24(32)14-11-20-10-13-23(31)25(33)17-20/h7,9-11,13-17,31,33-35H,6,8,12H2,1-5H3. The topological polar surface area (TPSA) is 107 Å². The quantitative estimate of drug-likeness (QED) is 0.140. The number of aromatic hydroxyl groups is 4. The molecule has 0 bridgehead atoms. The molecule has 3 rings (SSSR count). The maximum Gasteiger partial charge on any atom is 0.193 e. The van der Waals surface area contributed by atoms with Gasteiger partial charge in [-0.2, -0.15) is 0 Å². The van der Waals surface area contributed by atoms with E-state index in [0.717, 1.165) is 18.4 Å². The van der Waals surface area contributed by atoms with E-state index in [0.29, 0.717) is 11.1 Å². The molecular formula is C30H34O6. The summed E-state index contributed by atoms with van der Waals surface area (Å²) in [5, 5.41) is 41.4. The first kappa shape index (κ1) is 26.7. The van der Waals surface area contributed by atoms with Crippen LogP contribution in [0, 0.1) is 0 Å². The summed E-state index contributed by atoms with van der Waals surface area (Å²) >= 11 is 0. The zero-order valence-electron chi connectivity index (χ0n) is 21.4. The fourth-order valence-corrected chi connectivity index (χ4v) is 3.91. The van der Waals surface area contributed by atoms with Crippen LogP contribution in [0.15, 0.2) is 53.6 Å². The predicted octanol–water partition coefficient (Wildman–Crippen LogP) is 6.82. The second-order valence-electron chi connectivity index (χ2n) is 9.85. The fourth-order valence-electron chi connectivity index (χ4n) is 3.91. The first-order chi connectivity index (χ1) is 16.9. The van der Waals surface area contributed by atoms with Crippen LogP contribution in [0.4, 0.5) is 0 Å². The Labute approximate surface area is 212 Å². The van der Waals surface area contributed by atoms with E-state index in [9.17, 15) is 25.2 Å². The molecule has 36 heavy (non-hydrogen) atoms. The number of phenolic OH excluding ortho intramolecular Hbond substituents is 4. The SMILES string of the molecule is CC(C)=CCCC(C)=CCc1c(O)c2c(c(C(=O)C=Cc3ccc(O)c(O)c3)c1O)OC(C)(C)C=C2. The highest BCUT2D eigenvalue weighted by molar-refractivity contribution is 6.12. The minimum Gasteiger partial charge on any atom is -0.507 e. The second-order valence-corrected chi connectivity index (χ2v) is 9.85. The smallest absolute Gasteiger partial charge is 0.193 e. The summed E-state index contributed by atoms with van der Waals surface area (Å²) in [5.74, 6) is -1.42. The van der Waals surface area contributed by atoms with Crippen molar-refractivity contribution in [1.29, 1.82) is 0 Å². The van der Waals surface area contributed by atoms with Crippen LogP contribution in [0.3, 0.4) is 0 Å². The molecule has 0 aliphatic carbocycles. The van der Waals surface area contributed by atoms with Crippen LogP contribution in [0.1, 0.15) is 74.5 Å². The first-order valence-electron chi connectivity index (χ1n) is 11.9. The lowest BCUT2D eigenvalue weighted by atomic mass is 9.91. The van der Waals surface area contributed by atoms with Gasteiger partial charge in [0.25, 0.3) is 0 Å². The summed E-state index contributed by atoms with van der Waals surface area (Å²) in [6.45, 7) is 9.73. The van der Waals surface area contributed by atoms with Gasteiger partial charge in [-0.05, 0) is 89.8 Å². The predicted molar refractivity (Wildman–Crippen MR) is 143 cm³/mol. The number of hydrogen-bond donors (Lipinski definition) is 4. The molecule has 0 amide bonds. The van der Waals surface area contributed by atoms with Crippen LogP contribution in [0.25, 0.3) is 12.2 Å². The molecule has 190 valence electrons. The lowest BCUT2D eigenvalue weighted by molar-refractivity contribution is 0.103. The third kappa shape index (κ3) is 6.19. The molecule has 4 N–H and O–H groups in total. The van der Waals surface area contributed by atoms with Gasteiger partial charge < -0.3 is 25.2 Å². The van der Waals surface area contributed by atoms with E-state index in [4.69, 9.17) is 4.74 Å². The molecule has 1 aliphatic rings. The maximum atomic E-state index is 13.3. The lowest BCUT2D eigenvalue weighted by Crippen LogP contribution is -2.28. The summed E-state index contributed by atoms with van der Waals surface area (Å²) in [7, 11) is 0. The number of benzene rings is 2. The van der Waals surface area contributed by atoms with E-state index in [1.165, 1.54) is 29.9 Å². The summed E-state index contributed by atoms with van der Waals surface area (Å²) < 4.78 is 6.02. The number of phenols is 4. The Morgan fingerprint density at radius 1 is 1.00 bits per heavy atom. The number of carbonyl (C=O) groups is 1. The van der Waals surface area contributed by atoms with Crippen LogP contribution in [0.2, 0.25) is 0 Å². The van der Waals surface area contributed by atoms with E-state index in [1.807, 2.05) is 26.8 Å². The fraction of sp³-hybridized carbons (Fsp3) is 0.300. The Morgan fingerprint density at radius 2 is 1.72 bits per heavy atom. The number of fused-ring (bicyclic) bond motifs is 1. The van der Waals surface area contributed by atoms with Crippen molar-refractivity contribution >= 4 is 17.9 Å². The van der Waals surface area contributed by atoms with Crippen LogP contribution in [-0.2, 0) is 6.42 Å². The van der Waals surface area contributed by atoms with E-state index < -0.39 is 11.4 Å². The molecule has 1 aliphatic heterocycles. The number of allylic oxidation sites excluding steroid dienone is 5. The normalized spacial score (nSPS) is 14.4. The molecule has 2 aromatic rings. The van der Waals surface area contributed by atoms with Gasteiger partial charge in [-0.1, -0.05) is 35.4 Å². The number of ketones is 1. The van der Waals surface area contributed by atoms with Crippen LogP contribution in [0.5, 0.6) is 28.7 Å². The number of hydrogen-bond acceptors (Lipinski definition) is 6. The van der Waals surface area contributed by atoms with E-state index >= 15 is 0 Å². The zero-order chi connectivity index (χ0) is 26.6. The van der Waals surface area contributed by atoms with Crippen molar-refractivity contribution in [2.75, 3.05) is 0 Å². The summed E-state index contributed by atoms with van der Waals surface area (Å²) in [4.78, 5) is 13.3.